The van der Waals surface area contributed by atoms with Crippen molar-refractivity contribution >= 4 is 16.9 Å². The fraction of sp³-hybridized carbons (Fsp3) is 0.529. The molecule has 1 aliphatic carbocycles. The van der Waals surface area contributed by atoms with Gasteiger partial charge in [0.25, 0.3) is 5.56 Å². The molecule has 2 aromatic rings. The first-order chi connectivity index (χ1) is 11.1. The lowest BCUT2D eigenvalue weighted by molar-refractivity contribution is -0.122. The van der Waals surface area contributed by atoms with Crippen LogP contribution in [0.2, 0.25) is 0 Å². The zero-order chi connectivity index (χ0) is 16.4. The van der Waals surface area contributed by atoms with Crippen molar-refractivity contribution in [3.63, 3.8) is 0 Å². The number of nitrogens with one attached hydrogen (secondary N) is 1. The van der Waals surface area contributed by atoms with Crippen LogP contribution in [0.1, 0.15) is 44.4 Å². The van der Waals surface area contributed by atoms with Gasteiger partial charge in [-0.1, -0.05) is 6.92 Å². The molecule has 1 amide bonds. The van der Waals surface area contributed by atoms with E-state index < -0.39 is 0 Å². The first-order valence-corrected chi connectivity index (χ1v) is 8.25. The van der Waals surface area contributed by atoms with Gasteiger partial charge in [-0.25, -0.2) is 9.97 Å². The summed E-state index contributed by atoms with van der Waals surface area (Å²) < 4.78 is 1.36. The highest BCUT2D eigenvalue weighted by molar-refractivity contribution is 5.77. The lowest BCUT2D eigenvalue weighted by atomic mass is 9.95. The molecule has 1 N–H and O–H groups in total. The third-order valence-electron chi connectivity index (χ3n) is 4.43. The van der Waals surface area contributed by atoms with E-state index in [4.69, 9.17) is 0 Å². The number of carbonyl (C=O) groups is 1. The quantitative estimate of drug-likeness (QED) is 0.929. The first-order valence-electron chi connectivity index (χ1n) is 8.25. The van der Waals surface area contributed by atoms with Crippen LogP contribution in [0.4, 0.5) is 0 Å². The minimum atomic E-state index is -0.199. The Kier molecular flexibility index (Phi) is 4.41. The van der Waals surface area contributed by atoms with Crippen molar-refractivity contribution < 1.29 is 4.79 Å². The van der Waals surface area contributed by atoms with E-state index in [0.29, 0.717) is 11.0 Å². The standard InChI is InChI=1S/C17H22N4O2/c1-3-11(2)19-15(22)9-21-10-18-16-13(17(21)23)8-12-6-4-5-7-14(12)20-16/h8,10-11H,3-7,9H2,1-2H3,(H,19,22)/t11-/m0/s1. The summed E-state index contributed by atoms with van der Waals surface area (Å²) in [5.41, 5.74) is 2.48. The summed E-state index contributed by atoms with van der Waals surface area (Å²) in [4.78, 5) is 33.4. The number of rotatable bonds is 4. The van der Waals surface area contributed by atoms with E-state index >= 15 is 0 Å². The molecule has 0 fully saturated rings. The highest BCUT2D eigenvalue weighted by Gasteiger charge is 2.15. The van der Waals surface area contributed by atoms with Gasteiger partial charge < -0.3 is 5.32 Å². The molecule has 122 valence electrons. The van der Waals surface area contributed by atoms with Crippen LogP contribution in [0.5, 0.6) is 0 Å². The Morgan fingerprint density at radius 2 is 2.17 bits per heavy atom. The summed E-state index contributed by atoms with van der Waals surface area (Å²) >= 11 is 0. The monoisotopic (exact) mass is 314 g/mol. The Hall–Kier alpha value is -2.24. The van der Waals surface area contributed by atoms with Gasteiger partial charge in [0.15, 0.2) is 5.65 Å². The zero-order valence-electron chi connectivity index (χ0n) is 13.6. The number of hydrogen-bond acceptors (Lipinski definition) is 4. The van der Waals surface area contributed by atoms with Crippen LogP contribution in [-0.4, -0.2) is 26.5 Å². The molecule has 0 radical (unpaired) electrons. The molecule has 0 saturated heterocycles. The molecule has 23 heavy (non-hydrogen) atoms. The minimum absolute atomic E-state index is 0.0107. The van der Waals surface area contributed by atoms with Crippen LogP contribution >= 0.6 is 0 Å². The van der Waals surface area contributed by atoms with Crippen molar-refractivity contribution in [1.82, 2.24) is 19.9 Å². The number of carbonyl (C=O) groups excluding carboxylic acids is 1. The Morgan fingerprint density at radius 3 is 2.96 bits per heavy atom. The molecular weight excluding hydrogens is 292 g/mol. The van der Waals surface area contributed by atoms with Gasteiger partial charge in [0, 0.05) is 11.7 Å². The van der Waals surface area contributed by atoms with E-state index in [2.05, 4.69) is 15.3 Å². The molecule has 2 aromatic heterocycles. The lowest BCUT2D eigenvalue weighted by Gasteiger charge is -2.15. The topological polar surface area (TPSA) is 76.9 Å². The second-order valence-corrected chi connectivity index (χ2v) is 6.23. The number of hydrogen-bond donors (Lipinski definition) is 1. The van der Waals surface area contributed by atoms with E-state index in [1.165, 1.54) is 10.9 Å². The van der Waals surface area contributed by atoms with Gasteiger partial charge in [-0.05, 0) is 50.7 Å². The SMILES string of the molecule is CC[C@H](C)NC(=O)Cn1cnc2nc3c(cc2c1=O)CCCC3. The number of aryl methyl sites for hydroxylation is 2. The van der Waals surface area contributed by atoms with Crippen LogP contribution in [0.3, 0.4) is 0 Å². The smallest absolute Gasteiger partial charge is 0.263 e. The average molecular weight is 314 g/mol. The van der Waals surface area contributed by atoms with Gasteiger partial charge in [0.2, 0.25) is 5.91 Å². The molecule has 0 saturated carbocycles. The van der Waals surface area contributed by atoms with Crippen molar-refractivity contribution in [2.75, 3.05) is 0 Å². The summed E-state index contributed by atoms with van der Waals surface area (Å²) in [6, 6.07) is 2.01. The summed E-state index contributed by atoms with van der Waals surface area (Å²) in [5, 5.41) is 3.37. The number of nitrogens with zero attached hydrogens (tertiary/aromatic N) is 3. The first kappa shape index (κ1) is 15.6. The van der Waals surface area contributed by atoms with Crippen LogP contribution in [0.15, 0.2) is 17.2 Å². The molecule has 3 rings (SSSR count). The Labute approximate surface area is 134 Å². The second-order valence-electron chi connectivity index (χ2n) is 6.23. The summed E-state index contributed by atoms with van der Waals surface area (Å²) in [6.07, 6.45) is 6.45. The number of fused-ring (bicyclic) bond motifs is 2. The van der Waals surface area contributed by atoms with E-state index in [1.54, 1.807) is 0 Å². The Balaban J connectivity index is 1.92. The molecule has 6 nitrogen and oxygen atoms in total. The van der Waals surface area contributed by atoms with E-state index in [1.807, 2.05) is 19.9 Å². The third-order valence-corrected chi connectivity index (χ3v) is 4.43. The molecule has 0 bridgehead atoms. The Bertz CT molecular complexity index is 797. The van der Waals surface area contributed by atoms with Gasteiger partial charge in [-0.15, -0.1) is 0 Å². The van der Waals surface area contributed by atoms with Crippen molar-refractivity contribution in [2.24, 2.45) is 0 Å². The molecular formula is C17H22N4O2. The van der Waals surface area contributed by atoms with Gasteiger partial charge in [-0.2, -0.15) is 0 Å². The number of pyridine rings is 1. The third kappa shape index (κ3) is 3.25. The summed E-state index contributed by atoms with van der Waals surface area (Å²) in [7, 11) is 0. The van der Waals surface area contributed by atoms with Crippen molar-refractivity contribution in [2.45, 2.75) is 58.5 Å². The molecule has 2 heterocycles. The zero-order valence-corrected chi connectivity index (χ0v) is 13.6. The normalized spacial score (nSPS) is 15.2. The fourth-order valence-electron chi connectivity index (χ4n) is 2.90. The van der Waals surface area contributed by atoms with Crippen LogP contribution < -0.4 is 10.9 Å². The van der Waals surface area contributed by atoms with Crippen molar-refractivity contribution in [3.05, 3.63) is 34.0 Å². The molecule has 0 aliphatic heterocycles. The molecule has 0 spiro atoms. The van der Waals surface area contributed by atoms with Crippen molar-refractivity contribution in [3.8, 4) is 0 Å². The van der Waals surface area contributed by atoms with Gasteiger partial charge >= 0.3 is 0 Å². The number of amides is 1. The fourth-order valence-corrected chi connectivity index (χ4v) is 2.90. The maximum absolute atomic E-state index is 12.6. The molecule has 0 aromatic carbocycles. The maximum Gasteiger partial charge on any atom is 0.263 e. The summed E-state index contributed by atoms with van der Waals surface area (Å²) in [6.45, 7) is 3.93. The predicted molar refractivity (Wildman–Crippen MR) is 88.3 cm³/mol. The van der Waals surface area contributed by atoms with Crippen LogP contribution in [0, 0.1) is 0 Å². The lowest BCUT2D eigenvalue weighted by Crippen LogP contribution is -2.37. The van der Waals surface area contributed by atoms with Crippen molar-refractivity contribution in [1.29, 1.82) is 0 Å². The molecule has 6 heteroatoms. The minimum Gasteiger partial charge on any atom is -0.352 e. The van der Waals surface area contributed by atoms with E-state index in [9.17, 15) is 9.59 Å². The summed E-state index contributed by atoms with van der Waals surface area (Å²) in [5.74, 6) is -0.173. The molecule has 0 unspecified atom stereocenters. The maximum atomic E-state index is 12.6. The average Bonchev–Trinajstić information content (AvgIpc) is 2.56. The number of aromatic nitrogens is 3. The predicted octanol–water partition coefficient (Wildman–Crippen LogP) is 1.58. The van der Waals surface area contributed by atoms with Gasteiger partial charge in [0.05, 0.1) is 5.39 Å². The van der Waals surface area contributed by atoms with Gasteiger partial charge in [0.1, 0.15) is 12.9 Å². The Morgan fingerprint density at radius 1 is 1.39 bits per heavy atom. The van der Waals surface area contributed by atoms with E-state index in [0.717, 1.165) is 43.4 Å². The largest absolute Gasteiger partial charge is 0.352 e. The highest BCUT2D eigenvalue weighted by atomic mass is 16.2. The molecule has 1 aliphatic rings. The molecule has 1 atom stereocenters. The highest BCUT2D eigenvalue weighted by Crippen LogP contribution is 2.21. The van der Waals surface area contributed by atoms with Gasteiger partial charge in [-0.3, -0.25) is 14.2 Å². The van der Waals surface area contributed by atoms with Crippen LogP contribution in [-0.2, 0) is 24.2 Å². The van der Waals surface area contributed by atoms with E-state index in [-0.39, 0.29) is 24.1 Å². The van der Waals surface area contributed by atoms with Crippen LogP contribution in [0.25, 0.3) is 11.0 Å². The second kappa shape index (κ2) is 6.48.